The summed E-state index contributed by atoms with van der Waals surface area (Å²) >= 11 is 0. The fourth-order valence-electron chi connectivity index (χ4n) is 1.72. The Bertz CT molecular complexity index is 409. The zero-order valence-electron chi connectivity index (χ0n) is 14.0. The van der Waals surface area contributed by atoms with E-state index in [4.69, 9.17) is 9.47 Å². The first-order valence-corrected chi connectivity index (χ1v) is 7.72. The Morgan fingerprint density at radius 3 is 2.52 bits per heavy atom. The average molecular weight is 295 g/mol. The van der Waals surface area contributed by atoms with Gasteiger partial charge in [0.2, 0.25) is 0 Å². The lowest BCUT2D eigenvalue weighted by Gasteiger charge is -2.11. The molecule has 0 atom stereocenters. The van der Waals surface area contributed by atoms with E-state index in [9.17, 15) is 0 Å². The van der Waals surface area contributed by atoms with Crippen LogP contribution in [0.15, 0.2) is 6.20 Å². The molecule has 0 spiro atoms. The quantitative estimate of drug-likeness (QED) is 0.672. The number of ether oxygens (including phenoxy) is 2. The van der Waals surface area contributed by atoms with Gasteiger partial charge in [-0.05, 0) is 25.3 Å². The van der Waals surface area contributed by atoms with Gasteiger partial charge in [0, 0.05) is 30.6 Å². The molecule has 0 aliphatic carbocycles. The molecule has 5 heteroatoms. The van der Waals surface area contributed by atoms with E-state index in [1.54, 1.807) is 0 Å². The van der Waals surface area contributed by atoms with Gasteiger partial charge in [0.15, 0.2) is 0 Å². The molecule has 0 aromatic carbocycles. The van der Waals surface area contributed by atoms with Crippen LogP contribution in [0.25, 0.3) is 0 Å². The van der Waals surface area contributed by atoms with Crippen molar-refractivity contribution >= 4 is 0 Å². The van der Waals surface area contributed by atoms with Crippen LogP contribution in [-0.2, 0) is 11.3 Å². The fourth-order valence-corrected chi connectivity index (χ4v) is 1.72. The molecule has 0 radical (unpaired) electrons. The van der Waals surface area contributed by atoms with E-state index in [2.05, 4.69) is 43.0 Å². The normalized spacial score (nSPS) is 11.4. The Kier molecular flexibility index (Phi) is 8.23. The van der Waals surface area contributed by atoms with Crippen LogP contribution in [0, 0.1) is 18.8 Å². The molecule has 0 bridgehead atoms. The Morgan fingerprint density at radius 1 is 1.14 bits per heavy atom. The summed E-state index contributed by atoms with van der Waals surface area (Å²) in [4.78, 5) is 8.62. The van der Waals surface area contributed by atoms with Crippen molar-refractivity contribution in [2.24, 2.45) is 11.8 Å². The standard InChI is InChI=1S/C16H29N3O2/c1-12(2)8-17-9-15-10-18-16(19-14(15)5)21-7-6-20-11-13(3)4/h10,12-13,17H,6-9,11H2,1-5H3. The first-order chi connectivity index (χ1) is 9.99. The van der Waals surface area contributed by atoms with Crippen LogP contribution in [0.5, 0.6) is 6.01 Å². The van der Waals surface area contributed by atoms with Gasteiger partial charge in [-0.1, -0.05) is 27.7 Å². The summed E-state index contributed by atoms with van der Waals surface area (Å²) in [6, 6.07) is 0.424. The van der Waals surface area contributed by atoms with Crippen molar-refractivity contribution in [2.45, 2.75) is 41.2 Å². The zero-order chi connectivity index (χ0) is 15.7. The summed E-state index contributed by atoms with van der Waals surface area (Å²) in [5.41, 5.74) is 2.07. The van der Waals surface area contributed by atoms with Crippen LogP contribution in [0.4, 0.5) is 0 Å². The molecule has 0 aliphatic rings. The molecule has 1 heterocycles. The van der Waals surface area contributed by atoms with Crippen LogP contribution in [-0.4, -0.2) is 36.3 Å². The van der Waals surface area contributed by atoms with Gasteiger partial charge >= 0.3 is 6.01 Å². The minimum atomic E-state index is 0.424. The van der Waals surface area contributed by atoms with Gasteiger partial charge in [-0.2, -0.15) is 0 Å². The van der Waals surface area contributed by atoms with E-state index < -0.39 is 0 Å². The molecule has 0 saturated carbocycles. The second kappa shape index (κ2) is 9.68. The predicted molar refractivity (Wildman–Crippen MR) is 84.5 cm³/mol. The molecule has 0 saturated heterocycles. The first kappa shape index (κ1) is 17.9. The molecular formula is C16H29N3O2. The van der Waals surface area contributed by atoms with Crippen LogP contribution in [0.1, 0.15) is 39.0 Å². The minimum Gasteiger partial charge on any atom is -0.461 e. The third-order valence-electron chi connectivity index (χ3n) is 2.84. The summed E-state index contributed by atoms with van der Waals surface area (Å²) in [6.07, 6.45) is 1.83. The number of aromatic nitrogens is 2. The SMILES string of the molecule is Cc1nc(OCCOCC(C)C)ncc1CNCC(C)C. The summed E-state index contributed by atoms with van der Waals surface area (Å²) in [5.74, 6) is 1.18. The number of rotatable bonds is 10. The van der Waals surface area contributed by atoms with Crippen LogP contribution >= 0.6 is 0 Å². The lowest BCUT2D eigenvalue weighted by molar-refractivity contribution is 0.0791. The third kappa shape index (κ3) is 7.97. The average Bonchev–Trinajstić information content (AvgIpc) is 2.40. The zero-order valence-corrected chi connectivity index (χ0v) is 14.0. The summed E-state index contributed by atoms with van der Waals surface area (Å²) in [6.45, 7) is 14.2. The van der Waals surface area contributed by atoms with Crippen molar-refractivity contribution in [3.05, 3.63) is 17.5 Å². The van der Waals surface area contributed by atoms with Crippen LogP contribution in [0.2, 0.25) is 0 Å². The van der Waals surface area contributed by atoms with Gasteiger partial charge < -0.3 is 14.8 Å². The molecular weight excluding hydrogens is 266 g/mol. The van der Waals surface area contributed by atoms with Gasteiger partial charge in [-0.3, -0.25) is 0 Å². The van der Waals surface area contributed by atoms with Gasteiger partial charge in [0.05, 0.1) is 6.61 Å². The fraction of sp³-hybridized carbons (Fsp3) is 0.750. The molecule has 0 fully saturated rings. The highest BCUT2D eigenvalue weighted by atomic mass is 16.5. The molecule has 0 aliphatic heterocycles. The van der Waals surface area contributed by atoms with Gasteiger partial charge in [0.1, 0.15) is 6.61 Å². The Morgan fingerprint density at radius 2 is 1.90 bits per heavy atom. The van der Waals surface area contributed by atoms with Crippen molar-refractivity contribution in [3.63, 3.8) is 0 Å². The Hall–Kier alpha value is -1.20. The molecule has 0 amide bonds. The van der Waals surface area contributed by atoms with E-state index >= 15 is 0 Å². The largest absolute Gasteiger partial charge is 0.461 e. The van der Waals surface area contributed by atoms with Gasteiger partial charge in [-0.25, -0.2) is 9.97 Å². The number of aryl methyl sites for hydroxylation is 1. The van der Waals surface area contributed by atoms with E-state index in [1.165, 1.54) is 0 Å². The molecule has 0 unspecified atom stereocenters. The second-order valence-electron chi connectivity index (χ2n) is 6.11. The predicted octanol–water partition coefficient (Wildman–Crippen LogP) is 2.58. The third-order valence-corrected chi connectivity index (χ3v) is 2.84. The van der Waals surface area contributed by atoms with Gasteiger partial charge in [0.25, 0.3) is 0 Å². The number of hydrogen-bond acceptors (Lipinski definition) is 5. The Labute approximate surface area is 128 Å². The van der Waals surface area contributed by atoms with E-state index in [0.717, 1.165) is 31.0 Å². The summed E-state index contributed by atoms with van der Waals surface area (Å²) < 4.78 is 11.0. The first-order valence-electron chi connectivity index (χ1n) is 7.72. The summed E-state index contributed by atoms with van der Waals surface area (Å²) in [5, 5.41) is 3.39. The maximum Gasteiger partial charge on any atom is 0.316 e. The maximum absolute atomic E-state index is 5.50. The van der Waals surface area contributed by atoms with E-state index in [-0.39, 0.29) is 0 Å². The molecule has 1 rings (SSSR count). The van der Waals surface area contributed by atoms with Crippen LogP contribution in [0.3, 0.4) is 0 Å². The monoisotopic (exact) mass is 295 g/mol. The molecule has 120 valence electrons. The smallest absolute Gasteiger partial charge is 0.316 e. The molecule has 1 N–H and O–H groups in total. The highest BCUT2D eigenvalue weighted by Gasteiger charge is 2.05. The Balaban J connectivity index is 2.32. The van der Waals surface area contributed by atoms with E-state index in [0.29, 0.717) is 31.1 Å². The highest BCUT2D eigenvalue weighted by molar-refractivity contribution is 5.17. The molecule has 1 aromatic rings. The summed E-state index contributed by atoms with van der Waals surface area (Å²) in [7, 11) is 0. The van der Waals surface area contributed by atoms with Crippen molar-refractivity contribution in [1.29, 1.82) is 0 Å². The van der Waals surface area contributed by atoms with Crippen molar-refractivity contribution in [2.75, 3.05) is 26.4 Å². The van der Waals surface area contributed by atoms with Crippen molar-refractivity contribution in [1.82, 2.24) is 15.3 Å². The number of nitrogens with zero attached hydrogens (tertiary/aromatic N) is 2. The lowest BCUT2D eigenvalue weighted by atomic mass is 10.2. The van der Waals surface area contributed by atoms with E-state index in [1.807, 2.05) is 13.1 Å². The number of hydrogen-bond donors (Lipinski definition) is 1. The molecule has 5 nitrogen and oxygen atoms in total. The topological polar surface area (TPSA) is 56.3 Å². The van der Waals surface area contributed by atoms with Crippen LogP contribution < -0.4 is 10.1 Å². The van der Waals surface area contributed by atoms with Crippen molar-refractivity contribution in [3.8, 4) is 6.01 Å². The minimum absolute atomic E-state index is 0.424. The van der Waals surface area contributed by atoms with Crippen molar-refractivity contribution < 1.29 is 9.47 Å². The molecule has 21 heavy (non-hydrogen) atoms. The molecule has 1 aromatic heterocycles. The number of nitrogens with one attached hydrogen (secondary N) is 1. The highest BCUT2D eigenvalue weighted by Crippen LogP contribution is 2.08. The van der Waals surface area contributed by atoms with Gasteiger partial charge in [-0.15, -0.1) is 0 Å². The lowest BCUT2D eigenvalue weighted by Crippen LogP contribution is -2.20. The maximum atomic E-state index is 5.50. The second-order valence-corrected chi connectivity index (χ2v) is 6.11.